The molecule has 26 heavy (non-hydrogen) atoms. The molecule has 3 unspecified atom stereocenters. The Kier molecular flexibility index (Phi) is 6.58. The van der Waals surface area contributed by atoms with E-state index in [1.807, 2.05) is 13.0 Å². The molecular formula is C19H26FNO4S. The molecule has 0 amide bonds. The van der Waals surface area contributed by atoms with Gasteiger partial charge in [0.1, 0.15) is 5.82 Å². The van der Waals surface area contributed by atoms with E-state index in [0.717, 1.165) is 18.1 Å². The molecule has 0 aromatic heterocycles. The van der Waals surface area contributed by atoms with Gasteiger partial charge in [-0.15, -0.1) is 0 Å². The molecule has 0 radical (unpaired) electrons. The van der Waals surface area contributed by atoms with Crippen molar-refractivity contribution < 1.29 is 22.7 Å². The molecule has 144 valence electrons. The summed E-state index contributed by atoms with van der Waals surface area (Å²) in [4.78, 5) is 11.0. The zero-order valence-electron chi connectivity index (χ0n) is 15.3. The average molecular weight is 383 g/mol. The third-order valence-corrected chi connectivity index (χ3v) is 6.54. The second-order valence-corrected chi connectivity index (χ2v) is 9.09. The highest BCUT2D eigenvalue weighted by molar-refractivity contribution is 7.89. The van der Waals surface area contributed by atoms with E-state index in [1.165, 1.54) is 18.2 Å². The third kappa shape index (κ3) is 5.14. The van der Waals surface area contributed by atoms with Gasteiger partial charge in [-0.25, -0.2) is 17.5 Å². The molecule has 5 nitrogen and oxygen atoms in total. The lowest BCUT2D eigenvalue weighted by Gasteiger charge is -2.36. The van der Waals surface area contributed by atoms with Gasteiger partial charge < -0.3 is 5.11 Å². The SMILES string of the molecule is CC1=CC(CNS(=O)(=O)c2cccc(F)c2)C(C(C)C)CC1CC(=O)O. The number of halogens is 1. The number of hydrogen-bond acceptors (Lipinski definition) is 3. The van der Waals surface area contributed by atoms with Crippen molar-refractivity contribution in [3.05, 3.63) is 41.7 Å². The first-order valence-electron chi connectivity index (χ1n) is 8.75. The van der Waals surface area contributed by atoms with Crippen LogP contribution >= 0.6 is 0 Å². The molecule has 0 saturated carbocycles. The second kappa shape index (κ2) is 8.31. The number of hydrogen-bond donors (Lipinski definition) is 2. The van der Waals surface area contributed by atoms with E-state index >= 15 is 0 Å². The van der Waals surface area contributed by atoms with Crippen LogP contribution in [0.3, 0.4) is 0 Å². The fourth-order valence-corrected chi connectivity index (χ4v) is 4.75. The number of rotatable bonds is 7. The molecule has 1 aliphatic carbocycles. The summed E-state index contributed by atoms with van der Waals surface area (Å²) in [6.45, 7) is 6.23. The Morgan fingerprint density at radius 2 is 2.08 bits per heavy atom. The van der Waals surface area contributed by atoms with Gasteiger partial charge in [-0.05, 0) is 55.2 Å². The molecule has 3 atom stereocenters. The van der Waals surface area contributed by atoms with Crippen molar-refractivity contribution in [2.75, 3.05) is 6.54 Å². The highest BCUT2D eigenvalue weighted by atomic mass is 32.2. The summed E-state index contributed by atoms with van der Waals surface area (Å²) >= 11 is 0. The molecule has 0 aliphatic heterocycles. The van der Waals surface area contributed by atoms with Gasteiger partial charge in [0.2, 0.25) is 10.0 Å². The Morgan fingerprint density at radius 1 is 1.38 bits per heavy atom. The summed E-state index contributed by atoms with van der Waals surface area (Å²) in [5.41, 5.74) is 0.985. The van der Waals surface area contributed by atoms with Crippen molar-refractivity contribution in [1.82, 2.24) is 4.72 Å². The monoisotopic (exact) mass is 383 g/mol. The van der Waals surface area contributed by atoms with Crippen LogP contribution in [0, 0.1) is 29.5 Å². The highest BCUT2D eigenvalue weighted by Gasteiger charge is 2.33. The topological polar surface area (TPSA) is 83.5 Å². The molecule has 2 rings (SSSR count). The van der Waals surface area contributed by atoms with E-state index in [1.54, 1.807) is 0 Å². The quantitative estimate of drug-likeness (QED) is 0.707. The molecule has 1 aromatic rings. The van der Waals surface area contributed by atoms with Gasteiger partial charge in [0.25, 0.3) is 0 Å². The van der Waals surface area contributed by atoms with Gasteiger partial charge in [0, 0.05) is 6.54 Å². The molecular weight excluding hydrogens is 357 g/mol. The summed E-state index contributed by atoms with van der Waals surface area (Å²) < 4.78 is 40.7. The second-order valence-electron chi connectivity index (χ2n) is 7.32. The normalized spacial score (nSPS) is 23.7. The van der Waals surface area contributed by atoms with E-state index in [-0.39, 0.29) is 35.6 Å². The molecule has 1 aromatic carbocycles. The van der Waals surface area contributed by atoms with Crippen LogP contribution in [0.1, 0.15) is 33.6 Å². The molecule has 7 heteroatoms. The lowest BCUT2D eigenvalue weighted by Crippen LogP contribution is -2.37. The fraction of sp³-hybridized carbons (Fsp3) is 0.526. The van der Waals surface area contributed by atoms with Crippen molar-refractivity contribution in [3.63, 3.8) is 0 Å². The minimum absolute atomic E-state index is 0.0176. The van der Waals surface area contributed by atoms with Crippen molar-refractivity contribution in [1.29, 1.82) is 0 Å². The molecule has 1 aliphatic rings. The van der Waals surface area contributed by atoms with Crippen LogP contribution in [-0.4, -0.2) is 26.0 Å². The summed E-state index contributed by atoms with van der Waals surface area (Å²) in [5.74, 6) is -0.995. The summed E-state index contributed by atoms with van der Waals surface area (Å²) in [7, 11) is -3.79. The van der Waals surface area contributed by atoms with Crippen LogP contribution in [0.4, 0.5) is 4.39 Å². The standard InChI is InChI=1S/C19H26FNO4S/c1-12(2)18-8-14(9-19(22)23)13(3)7-15(18)11-21-26(24,25)17-6-4-5-16(20)10-17/h4-7,10,12,14-15,18,21H,8-9,11H2,1-3H3,(H,22,23). The number of carboxylic acid groups (broad SMARTS) is 1. The van der Waals surface area contributed by atoms with Crippen LogP contribution in [0.5, 0.6) is 0 Å². The van der Waals surface area contributed by atoms with Crippen LogP contribution in [0.25, 0.3) is 0 Å². The number of allylic oxidation sites excluding steroid dienone is 1. The van der Waals surface area contributed by atoms with Gasteiger partial charge in [-0.3, -0.25) is 4.79 Å². The maximum Gasteiger partial charge on any atom is 0.303 e. The van der Waals surface area contributed by atoms with Gasteiger partial charge in [0.05, 0.1) is 11.3 Å². The smallest absolute Gasteiger partial charge is 0.303 e. The Hall–Kier alpha value is -1.73. The van der Waals surface area contributed by atoms with Gasteiger partial charge >= 0.3 is 5.97 Å². The van der Waals surface area contributed by atoms with Crippen LogP contribution in [0.2, 0.25) is 0 Å². The molecule has 2 N–H and O–H groups in total. The lowest BCUT2D eigenvalue weighted by atomic mass is 9.70. The lowest BCUT2D eigenvalue weighted by molar-refractivity contribution is -0.138. The van der Waals surface area contributed by atoms with E-state index in [4.69, 9.17) is 5.11 Å². The number of carboxylic acids is 1. The fourth-order valence-electron chi connectivity index (χ4n) is 3.64. The van der Waals surface area contributed by atoms with Gasteiger partial charge in [-0.1, -0.05) is 31.6 Å². The third-order valence-electron chi connectivity index (χ3n) is 5.12. The Morgan fingerprint density at radius 3 is 2.65 bits per heavy atom. The first-order chi connectivity index (χ1) is 12.1. The number of nitrogens with one attached hydrogen (secondary N) is 1. The number of aliphatic carboxylic acids is 1. The summed E-state index contributed by atoms with van der Waals surface area (Å²) in [5, 5.41) is 9.08. The Balaban J connectivity index is 2.16. The average Bonchev–Trinajstić information content (AvgIpc) is 2.54. The van der Waals surface area contributed by atoms with Crippen LogP contribution in [0.15, 0.2) is 40.8 Å². The molecule has 0 saturated heterocycles. The van der Waals surface area contributed by atoms with Crippen molar-refractivity contribution in [3.8, 4) is 0 Å². The molecule has 0 fully saturated rings. The minimum Gasteiger partial charge on any atom is -0.481 e. The summed E-state index contributed by atoms with van der Waals surface area (Å²) in [6, 6.07) is 4.91. The number of benzene rings is 1. The van der Waals surface area contributed by atoms with E-state index in [2.05, 4.69) is 18.6 Å². The van der Waals surface area contributed by atoms with Gasteiger partial charge in [-0.2, -0.15) is 0 Å². The first-order valence-corrected chi connectivity index (χ1v) is 10.2. The Bertz CT molecular complexity index is 788. The Labute approximate surface area is 154 Å². The zero-order valence-corrected chi connectivity index (χ0v) is 16.1. The van der Waals surface area contributed by atoms with Crippen molar-refractivity contribution >= 4 is 16.0 Å². The van der Waals surface area contributed by atoms with E-state index in [9.17, 15) is 17.6 Å². The zero-order chi connectivity index (χ0) is 19.5. The van der Waals surface area contributed by atoms with E-state index in [0.29, 0.717) is 5.92 Å². The predicted molar refractivity (Wildman–Crippen MR) is 97.5 cm³/mol. The first kappa shape index (κ1) is 20.6. The number of carbonyl (C=O) groups is 1. The van der Waals surface area contributed by atoms with Gasteiger partial charge in [0.15, 0.2) is 0 Å². The van der Waals surface area contributed by atoms with Crippen molar-refractivity contribution in [2.24, 2.45) is 23.7 Å². The minimum atomic E-state index is -3.79. The molecule has 0 heterocycles. The maximum atomic E-state index is 13.3. The molecule has 0 bridgehead atoms. The van der Waals surface area contributed by atoms with E-state index < -0.39 is 21.8 Å². The van der Waals surface area contributed by atoms with Crippen molar-refractivity contribution in [2.45, 2.75) is 38.5 Å². The number of sulfonamides is 1. The molecule has 0 spiro atoms. The summed E-state index contributed by atoms with van der Waals surface area (Å²) in [6.07, 6.45) is 2.81. The predicted octanol–water partition coefficient (Wildman–Crippen LogP) is 3.43. The highest BCUT2D eigenvalue weighted by Crippen LogP contribution is 2.38. The van der Waals surface area contributed by atoms with Crippen LogP contribution < -0.4 is 4.72 Å². The maximum absolute atomic E-state index is 13.3. The largest absolute Gasteiger partial charge is 0.481 e. The van der Waals surface area contributed by atoms with Crippen LogP contribution in [-0.2, 0) is 14.8 Å².